The van der Waals surface area contributed by atoms with Crippen LogP contribution in [0.2, 0.25) is 0 Å². The third kappa shape index (κ3) is 5.43. The predicted octanol–water partition coefficient (Wildman–Crippen LogP) is 2.80. The quantitative estimate of drug-likeness (QED) is 0.651. The molecule has 0 bridgehead atoms. The fourth-order valence-corrected chi connectivity index (χ4v) is 2.79. The number of hydrogen-bond acceptors (Lipinski definition) is 5. The molecule has 154 valence electrons. The van der Waals surface area contributed by atoms with Crippen LogP contribution in [-0.4, -0.2) is 45.5 Å². The molecule has 3 rings (SSSR count). The molecule has 0 aromatic carbocycles. The second kappa shape index (κ2) is 8.46. The average Bonchev–Trinajstić information content (AvgIpc) is 3.06. The van der Waals surface area contributed by atoms with Crippen molar-refractivity contribution >= 4 is 16.8 Å². The molecule has 7 nitrogen and oxygen atoms in total. The lowest BCUT2D eigenvalue weighted by molar-refractivity contribution is -0.139. The number of nitrogens with zero attached hydrogens (tertiary/aromatic N) is 4. The Morgan fingerprint density at radius 3 is 2.79 bits per heavy atom. The van der Waals surface area contributed by atoms with Crippen LogP contribution in [0, 0.1) is 6.92 Å². The highest BCUT2D eigenvalue weighted by Crippen LogP contribution is 2.23. The molecule has 1 amide bonds. The summed E-state index contributed by atoms with van der Waals surface area (Å²) < 4.78 is 43.6. The highest BCUT2D eigenvalue weighted by molar-refractivity contribution is 5.86. The number of rotatable bonds is 7. The summed E-state index contributed by atoms with van der Waals surface area (Å²) in [5.41, 5.74) is 2.71. The van der Waals surface area contributed by atoms with E-state index in [1.54, 1.807) is 43.2 Å². The van der Waals surface area contributed by atoms with Gasteiger partial charge in [0.2, 0.25) is 5.91 Å². The first kappa shape index (κ1) is 20.6. The molecule has 0 saturated carbocycles. The lowest BCUT2D eigenvalue weighted by Gasteiger charge is -2.11. The number of likely N-dealkylation sites (N-methyl/N-ethyl adjacent to an activating group) is 1. The Labute approximate surface area is 164 Å². The molecule has 29 heavy (non-hydrogen) atoms. The normalized spacial score (nSPS) is 11.6. The van der Waals surface area contributed by atoms with Gasteiger partial charge in [-0.1, -0.05) is 0 Å². The molecule has 0 aliphatic carbocycles. The number of carbonyl (C=O) groups excluding carboxylic acids is 1. The van der Waals surface area contributed by atoms with Crippen LogP contribution in [0.15, 0.2) is 30.7 Å². The zero-order chi connectivity index (χ0) is 21.0. The van der Waals surface area contributed by atoms with Crippen molar-refractivity contribution in [3.05, 3.63) is 47.7 Å². The van der Waals surface area contributed by atoms with E-state index in [-0.39, 0.29) is 12.3 Å². The predicted molar refractivity (Wildman–Crippen MR) is 99.5 cm³/mol. The number of aryl methyl sites for hydroxylation is 1. The molecular formula is C19H20F3N5O2. The van der Waals surface area contributed by atoms with Crippen molar-refractivity contribution in [3.8, 4) is 5.75 Å². The molecule has 0 spiro atoms. The number of ether oxygens (including phenoxy) is 1. The van der Waals surface area contributed by atoms with Crippen LogP contribution in [0.1, 0.15) is 23.4 Å². The molecule has 3 aromatic rings. The molecule has 0 aliphatic rings. The van der Waals surface area contributed by atoms with Crippen LogP contribution in [0.5, 0.6) is 5.75 Å². The van der Waals surface area contributed by atoms with E-state index >= 15 is 0 Å². The van der Waals surface area contributed by atoms with Gasteiger partial charge < -0.3 is 10.1 Å². The fourth-order valence-electron chi connectivity index (χ4n) is 2.79. The minimum atomic E-state index is -4.26. The van der Waals surface area contributed by atoms with E-state index in [1.807, 2.05) is 0 Å². The van der Waals surface area contributed by atoms with E-state index in [9.17, 15) is 18.0 Å². The topological polar surface area (TPSA) is 81.9 Å². The zero-order valence-corrected chi connectivity index (χ0v) is 16.0. The van der Waals surface area contributed by atoms with E-state index in [1.165, 1.54) is 6.20 Å². The third-order valence-electron chi connectivity index (χ3n) is 4.26. The second-order valence-electron chi connectivity index (χ2n) is 6.52. The van der Waals surface area contributed by atoms with Crippen molar-refractivity contribution in [2.75, 3.05) is 13.7 Å². The number of fused-ring (bicyclic) bond motifs is 1. The lowest BCUT2D eigenvalue weighted by Crippen LogP contribution is -2.20. The van der Waals surface area contributed by atoms with Crippen molar-refractivity contribution in [2.24, 2.45) is 0 Å². The number of halogens is 3. The van der Waals surface area contributed by atoms with Gasteiger partial charge in [0.05, 0.1) is 49.1 Å². The van der Waals surface area contributed by atoms with Crippen molar-refractivity contribution in [3.63, 3.8) is 0 Å². The molecule has 0 radical (unpaired) electrons. The summed E-state index contributed by atoms with van der Waals surface area (Å²) in [6.07, 6.45) is -0.294. The van der Waals surface area contributed by atoms with Crippen LogP contribution in [0.25, 0.3) is 10.9 Å². The minimum absolute atomic E-state index is 0.142. The zero-order valence-electron chi connectivity index (χ0n) is 16.0. The summed E-state index contributed by atoms with van der Waals surface area (Å²) >= 11 is 0. The van der Waals surface area contributed by atoms with Gasteiger partial charge in [-0.2, -0.15) is 18.3 Å². The SMILES string of the molecule is CNC(=O)Cc1nccc2nn(Cc3cc(C)c(OCCC(F)(F)F)cn3)cc12. The van der Waals surface area contributed by atoms with Gasteiger partial charge in [-0.3, -0.25) is 19.4 Å². The summed E-state index contributed by atoms with van der Waals surface area (Å²) in [7, 11) is 1.57. The number of nitrogens with one attached hydrogen (secondary N) is 1. The minimum Gasteiger partial charge on any atom is -0.491 e. The number of amides is 1. The fraction of sp³-hybridized carbons (Fsp3) is 0.368. The Morgan fingerprint density at radius 1 is 1.31 bits per heavy atom. The number of carbonyl (C=O) groups is 1. The molecule has 0 aliphatic heterocycles. The van der Waals surface area contributed by atoms with Crippen molar-refractivity contribution in [1.29, 1.82) is 0 Å². The van der Waals surface area contributed by atoms with Crippen LogP contribution in [-0.2, 0) is 17.8 Å². The summed E-state index contributed by atoms with van der Waals surface area (Å²) in [4.78, 5) is 20.2. The molecule has 3 aromatic heterocycles. The van der Waals surface area contributed by atoms with Gasteiger partial charge in [0, 0.05) is 24.8 Å². The maximum absolute atomic E-state index is 12.2. The lowest BCUT2D eigenvalue weighted by atomic mass is 10.2. The van der Waals surface area contributed by atoms with E-state index in [4.69, 9.17) is 4.74 Å². The number of aromatic nitrogens is 4. The standard InChI is InChI=1S/C19H20F3N5O2/c1-12-7-13(25-9-17(12)29-6-4-19(20,21)22)10-27-11-14-15(26-27)3-5-24-16(14)8-18(28)23-2/h3,5,7,9,11H,4,6,8,10H2,1-2H3,(H,23,28). The molecule has 1 N–H and O–H groups in total. The molecule has 0 atom stereocenters. The van der Waals surface area contributed by atoms with Crippen LogP contribution in [0.3, 0.4) is 0 Å². The largest absolute Gasteiger partial charge is 0.491 e. The van der Waals surface area contributed by atoms with Gasteiger partial charge in [-0.25, -0.2) is 0 Å². The maximum Gasteiger partial charge on any atom is 0.392 e. The van der Waals surface area contributed by atoms with Gasteiger partial charge >= 0.3 is 6.18 Å². The third-order valence-corrected chi connectivity index (χ3v) is 4.26. The number of alkyl halides is 3. The van der Waals surface area contributed by atoms with Crippen molar-refractivity contribution in [2.45, 2.75) is 32.5 Å². The molecule has 10 heteroatoms. The van der Waals surface area contributed by atoms with Crippen LogP contribution >= 0.6 is 0 Å². The van der Waals surface area contributed by atoms with Gasteiger partial charge in [-0.15, -0.1) is 0 Å². The number of pyridine rings is 2. The molecule has 0 unspecified atom stereocenters. The smallest absolute Gasteiger partial charge is 0.392 e. The average molecular weight is 407 g/mol. The van der Waals surface area contributed by atoms with Gasteiger partial charge in [0.1, 0.15) is 5.75 Å². The molecular weight excluding hydrogens is 387 g/mol. The van der Waals surface area contributed by atoms with E-state index in [0.29, 0.717) is 34.8 Å². The first-order valence-electron chi connectivity index (χ1n) is 8.92. The maximum atomic E-state index is 12.2. The first-order chi connectivity index (χ1) is 13.7. The Bertz CT molecular complexity index is 1020. The Kier molecular flexibility index (Phi) is 6.00. The highest BCUT2D eigenvalue weighted by atomic mass is 19.4. The number of hydrogen-bond donors (Lipinski definition) is 1. The Balaban J connectivity index is 1.73. The summed E-state index contributed by atoms with van der Waals surface area (Å²) in [6.45, 7) is 1.66. The van der Waals surface area contributed by atoms with Gasteiger partial charge in [0.15, 0.2) is 0 Å². The van der Waals surface area contributed by atoms with E-state index < -0.39 is 19.2 Å². The molecule has 0 fully saturated rings. The van der Waals surface area contributed by atoms with Crippen molar-refractivity contribution in [1.82, 2.24) is 25.1 Å². The molecule has 3 heterocycles. The van der Waals surface area contributed by atoms with Gasteiger partial charge in [0.25, 0.3) is 0 Å². The monoisotopic (exact) mass is 407 g/mol. The van der Waals surface area contributed by atoms with Crippen LogP contribution < -0.4 is 10.1 Å². The summed E-state index contributed by atoms with van der Waals surface area (Å²) in [5.74, 6) is 0.178. The highest BCUT2D eigenvalue weighted by Gasteiger charge is 2.27. The van der Waals surface area contributed by atoms with E-state index in [2.05, 4.69) is 20.4 Å². The molecule has 0 saturated heterocycles. The summed E-state index contributed by atoms with van der Waals surface area (Å²) in [5, 5.41) is 7.83. The van der Waals surface area contributed by atoms with Gasteiger partial charge in [-0.05, 0) is 24.6 Å². The first-order valence-corrected chi connectivity index (χ1v) is 8.92. The Hall–Kier alpha value is -3.17. The summed E-state index contributed by atoms with van der Waals surface area (Å²) in [6, 6.07) is 3.51. The van der Waals surface area contributed by atoms with E-state index in [0.717, 1.165) is 5.39 Å². The second-order valence-corrected chi connectivity index (χ2v) is 6.52. The van der Waals surface area contributed by atoms with Crippen LogP contribution in [0.4, 0.5) is 13.2 Å². The van der Waals surface area contributed by atoms with Crippen molar-refractivity contribution < 1.29 is 22.7 Å². The Morgan fingerprint density at radius 2 is 2.10 bits per heavy atom.